The number of rotatable bonds is 3. The normalized spacial score (nSPS) is 17.4. The smallest absolute Gasteiger partial charge is 0.211 e. The lowest BCUT2D eigenvalue weighted by molar-refractivity contribution is 0.328. The maximum atomic E-state index is 11.5. The third-order valence-corrected chi connectivity index (χ3v) is 4.06. The van der Waals surface area contributed by atoms with Crippen LogP contribution in [0.15, 0.2) is 4.52 Å². The maximum Gasteiger partial charge on any atom is 0.211 e. The van der Waals surface area contributed by atoms with Crippen molar-refractivity contribution in [2.45, 2.75) is 19.5 Å². The van der Waals surface area contributed by atoms with E-state index >= 15 is 0 Å². The van der Waals surface area contributed by atoms with Gasteiger partial charge in [-0.25, -0.2) is 8.42 Å². The summed E-state index contributed by atoms with van der Waals surface area (Å²) < 4.78 is 29.7. The lowest BCUT2D eigenvalue weighted by Crippen LogP contribution is -2.35. The molecule has 0 spiro atoms. The number of fused-ring (bicyclic) bond motifs is 1. The molecule has 1 aliphatic rings. The molecule has 0 aliphatic carbocycles. The Hall–Kier alpha value is -0.920. The number of hydrogen-bond donors (Lipinski definition) is 0. The van der Waals surface area contributed by atoms with E-state index in [4.69, 9.17) is 4.52 Å². The molecule has 0 aromatic carbocycles. The van der Waals surface area contributed by atoms with E-state index in [1.807, 2.05) is 19.0 Å². The van der Waals surface area contributed by atoms with Gasteiger partial charge in [-0.2, -0.15) is 4.31 Å². The van der Waals surface area contributed by atoms with E-state index in [1.54, 1.807) is 0 Å². The summed E-state index contributed by atoms with van der Waals surface area (Å²) in [4.78, 5) is 1.98. The lowest BCUT2D eigenvalue weighted by atomic mass is 10.1. The summed E-state index contributed by atoms with van der Waals surface area (Å²) in [6.07, 6.45) is 1.83. The van der Waals surface area contributed by atoms with E-state index in [2.05, 4.69) is 5.16 Å². The lowest BCUT2D eigenvalue weighted by Gasteiger charge is -2.23. The molecule has 1 aliphatic heterocycles. The van der Waals surface area contributed by atoms with Gasteiger partial charge in [0.05, 0.1) is 6.26 Å². The molecular formula is C10H17N3O3S. The molecule has 1 aromatic heterocycles. The number of sulfonamides is 1. The number of hydrogen-bond acceptors (Lipinski definition) is 5. The third-order valence-electron chi connectivity index (χ3n) is 2.81. The molecule has 17 heavy (non-hydrogen) atoms. The molecular weight excluding hydrogens is 242 g/mol. The zero-order valence-electron chi connectivity index (χ0n) is 10.3. The zero-order valence-corrected chi connectivity index (χ0v) is 11.1. The highest BCUT2D eigenvalue weighted by molar-refractivity contribution is 7.88. The van der Waals surface area contributed by atoms with Crippen LogP contribution in [0.3, 0.4) is 0 Å². The molecule has 0 amide bonds. The van der Waals surface area contributed by atoms with Crippen LogP contribution in [0.4, 0.5) is 0 Å². The first-order valence-corrected chi connectivity index (χ1v) is 7.29. The Bertz CT molecular complexity index is 507. The second kappa shape index (κ2) is 4.40. The second-order valence-corrected chi connectivity index (χ2v) is 6.60. The monoisotopic (exact) mass is 259 g/mol. The van der Waals surface area contributed by atoms with Gasteiger partial charge in [0.15, 0.2) is 0 Å². The first-order chi connectivity index (χ1) is 7.88. The zero-order chi connectivity index (χ0) is 12.6. The Morgan fingerprint density at radius 2 is 2.18 bits per heavy atom. The van der Waals surface area contributed by atoms with Gasteiger partial charge in [0.25, 0.3) is 0 Å². The highest BCUT2D eigenvalue weighted by atomic mass is 32.2. The summed E-state index contributed by atoms with van der Waals surface area (Å²) in [6, 6.07) is 0. The van der Waals surface area contributed by atoms with Gasteiger partial charge in [-0.15, -0.1) is 0 Å². The average Bonchev–Trinajstić information content (AvgIpc) is 2.59. The summed E-state index contributed by atoms with van der Waals surface area (Å²) >= 11 is 0. The minimum atomic E-state index is -3.14. The molecule has 2 rings (SSSR count). The predicted molar refractivity (Wildman–Crippen MR) is 62.9 cm³/mol. The Morgan fingerprint density at radius 1 is 1.47 bits per heavy atom. The van der Waals surface area contributed by atoms with Gasteiger partial charge in [0.1, 0.15) is 11.5 Å². The third kappa shape index (κ3) is 2.67. The van der Waals surface area contributed by atoms with E-state index < -0.39 is 10.0 Å². The molecule has 0 unspecified atom stereocenters. The Balaban J connectivity index is 2.26. The van der Waals surface area contributed by atoms with Crippen LogP contribution in [-0.4, -0.2) is 49.7 Å². The maximum absolute atomic E-state index is 11.5. The summed E-state index contributed by atoms with van der Waals surface area (Å²) in [7, 11) is 0.744. The minimum absolute atomic E-state index is 0.376. The van der Waals surface area contributed by atoms with Crippen LogP contribution in [0.2, 0.25) is 0 Å². The van der Waals surface area contributed by atoms with Crippen molar-refractivity contribution in [3.63, 3.8) is 0 Å². The van der Waals surface area contributed by atoms with E-state index in [0.29, 0.717) is 26.1 Å². The number of nitrogens with zero attached hydrogens (tertiary/aromatic N) is 3. The predicted octanol–water partition coefficient (Wildman–Crippen LogP) is 0.0539. The van der Waals surface area contributed by atoms with Gasteiger partial charge < -0.3 is 9.42 Å². The average molecular weight is 259 g/mol. The highest BCUT2D eigenvalue weighted by Gasteiger charge is 2.28. The SMILES string of the molecule is CN(C)Cc1noc2c1CN(S(C)(=O)=O)CC2. The van der Waals surface area contributed by atoms with E-state index in [-0.39, 0.29) is 0 Å². The van der Waals surface area contributed by atoms with Gasteiger partial charge in [-0.3, -0.25) is 0 Å². The molecule has 2 heterocycles. The van der Waals surface area contributed by atoms with Crippen molar-refractivity contribution in [2.75, 3.05) is 26.9 Å². The van der Waals surface area contributed by atoms with Crippen molar-refractivity contribution < 1.29 is 12.9 Å². The van der Waals surface area contributed by atoms with Gasteiger partial charge in [0, 0.05) is 31.6 Å². The van der Waals surface area contributed by atoms with Crippen molar-refractivity contribution >= 4 is 10.0 Å². The van der Waals surface area contributed by atoms with Gasteiger partial charge in [-0.1, -0.05) is 5.16 Å². The molecule has 1 aromatic rings. The summed E-state index contributed by atoms with van der Waals surface area (Å²) in [5.41, 5.74) is 1.76. The van der Waals surface area contributed by atoms with E-state index in [9.17, 15) is 8.42 Å². The summed E-state index contributed by atoms with van der Waals surface area (Å²) in [6.45, 7) is 1.51. The van der Waals surface area contributed by atoms with Crippen molar-refractivity contribution in [3.8, 4) is 0 Å². The van der Waals surface area contributed by atoms with Crippen LogP contribution in [-0.2, 0) is 29.5 Å². The topological polar surface area (TPSA) is 66.7 Å². The standard InChI is InChI=1S/C10H17N3O3S/c1-12(2)7-9-8-6-13(17(3,14)15)5-4-10(8)16-11-9/h4-7H2,1-3H3. The molecule has 0 fully saturated rings. The van der Waals surface area contributed by atoms with E-state index in [1.165, 1.54) is 10.6 Å². The molecule has 0 N–H and O–H groups in total. The molecule has 0 bridgehead atoms. The van der Waals surface area contributed by atoms with Crippen molar-refractivity contribution in [1.29, 1.82) is 0 Å². The first kappa shape index (κ1) is 12.5. The van der Waals surface area contributed by atoms with Crippen molar-refractivity contribution in [2.24, 2.45) is 0 Å². The fourth-order valence-corrected chi connectivity index (χ4v) is 2.73. The number of aromatic nitrogens is 1. The molecule has 6 nitrogen and oxygen atoms in total. The first-order valence-electron chi connectivity index (χ1n) is 5.44. The van der Waals surface area contributed by atoms with Crippen LogP contribution in [0.25, 0.3) is 0 Å². The van der Waals surface area contributed by atoms with E-state index in [0.717, 1.165) is 17.0 Å². The fraction of sp³-hybridized carbons (Fsp3) is 0.700. The van der Waals surface area contributed by atoms with Gasteiger partial charge >= 0.3 is 0 Å². The van der Waals surface area contributed by atoms with Crippen LogP contribution in [0.1, 0.15) is 17.0 Å². The highest BCUT2D eigenvalue weighted by Crippen LogP contribution is 2.24. The summed E-state index contributed by atoms with van der Waals surface area (Å²) in [5.74, 6) is 0.821. The van der Waals surface area contributed by atoms with Crippen molar-refractivity contribution in [3.05, 3.63) is 17.0 Å². The molecule has 96 valence electrons. The molecule has 0 radical (unpaired) electrons. The van der Waals surface area contributed by atoms with Gasteiger partial charge in [-0.05, 0) is 14.1 Å². The molecule has 0 atom stereocenters. The quantitative estimate of drug-likeness (QED) is 0.767. The molecule has 0 saturated heterocycles. The molecule has 7 heteroatoms. The van der Waals surface area contributed by atoms with Crippen LogP contribution in [0, 0.1) is 0 Å². The Kier molecular flexibility index (Phi) is 3.24. The van der Waals surface area contributed by atoms with Crippen molar-refractivity contribution in [1.82, 2.24) is 14.4 Å². The Labute approximate surface area is 101 Å². The van der Waals surface area contributed by atoms with Crippen LogP contribution in [0.5, 0.6) is 0 Å². The fourth-order valence-electron chi connectivity index (χ4n) is 1.95. The van der Waals surface area contributed by atoms with Gasteiger partial charge in [0.2, 0.25) is 10.0 Å². The van der Waals surface area contributed by atoms with Crippen LogP contribution < -0.4 is 0 Å². The molecule has 0 saturated carbocycles. The summed E-state index contributed by atoms with van der Waals surface area (Å²) in [5, 5.41) is 4.02. The largest absolute Gasteiger partial charge is 0.361 e. The minimum Gasteiger partial charge on any atom is -0.361 e. The Morgan fingerprint density at radius 3 is 2.76 bits per heavy atom. The second-order valence-electron chi connectivity index (χ2n) is 4.62. The van der Waals surface area contributed by atoms with Crippen LogP contribution >= 0.6 is 0 Å².